The quantitative estimate of drug-likeness (QED) is 0.473. The summed E-state index contributed by atoms with van der Waals surface area (Å²) in [5, 5.41) is 13.5. The van der Waals surface area contributed by atoms with E-state index in [1.165, 1.54) is 43.3 Å². The first-order chi connectivity index (χ1) is 12.7. The molecule has 2 aromatic rings. The Labute approximate surface area is 162 Å². The van der Waals surface area contributed by atoms with Crippen molar-refractivity contribution in [2.24, 2.45) is 0 Å². The van der Waals surface area contributed by atoms with Crippen LogP contribution in [-0.2, 0) is 4.79 Å². The van der Waals surface area contributed by atoms with Crippen molar-refractivity contribution >= 4 is 52.3 Å². The summed E-state index contributed by atoms with van der Waals surface area (Å²) in [6, 6.07) is 6.72. The van der Waals surface area contributed by atoms with E-state index >= 15 is 0 Å². The topological polar surface area (TPSA) is 110 Å². The van der Waals surface area contributed by atoms with Crippen LogP contribution >= 0.6 is 23.2 Å². The van der Waals surface area contributed by atoms with Crippen LogP contribution in [0, 0.1) is 10.1 Å². The molecule has 0 bridgehead atoms. The van der Waals surface area contributed by atoms with Crippen LogP contribution < -0.4 is 5.32 Å². The summed E-state index contributed by atoms with van der Waals surface area (Å²) in [5.41, 5.74) is 0.0861. The van der Waals surface area contributed by atoms with E-state index < -0.39 is 28.7 Å². The van der Waals surface area contributed by atoms with Crippen molar-refractivity contribution < 1.29 is 19.3 Å². The van der Waals surface area contributed by atoms with Crippen LogP contribution in [-0.4, -0.2) is 33.6 Å². The third-order valence-corrected chi connectivity index (χ3v) is 4.77. The number of anilines is 1. The lowest BCUT2D eigenvalue weighted by molar-refractivity contribution is -0.384. The Morgan fingerprint density at radius 2 is 1.67 bits per heavy atom. The second kappa shape index (κ2) is 6.98. The zero-order chi connectivity index (χ0) is 19.9. The molecule has 1 unspecified atom stereocenters. The lowest BCUT2D eigenvalue weighted by atomic mass is 10.1. The van der Waals surface area contributed by atoms with E-state index in [1.807, 2.05) is 0 Å². The lowest BCUT2D eigenvalue weighted by Gasteiger charge is -2.21. The standard InChI is InChI=1S/C17H11Cl2N3O5/c1-8(15(23)20-9-3-2-4-10(5-9)22(26)27)21-16(24)11-6-13(18)14(19)7-12(11)17(21)25/h2-8H,1H3,(H,20,23). The maximum absolute atomic E-state index is 12.5. The summed E-state index contributed by atoms with van der Waals surface area (Å²) in [6.45, 7) is 1.37. The highest BCUT2D eigenvalue weighted by atomic mass is 35.5. The molecular weight excluding hydrogens is 397 g/mol. The molecule has 10 heteroatoms. The lowest BCUT2D eigenvalue weighted by Crippen LogP contribution is -2.45. The Morgan fingerprint density at radius 1 is 1.11 bits per heavy atom. The summed E-state index contributed by atoms with van der Waals surface area (Å²) < 4.78 is 0. The second-order valence-electron chi connectivity index (χ2n) is 5.76. The summed E-state index contributed by atoms with van der Waals surface area (Å²) in [6.07, 6.45) is 0. The molecule has 0 saturated heterocycles. The number of non-ortho nitro benzene ring substituents is 1. The minimum absolute atomic E-state index is 0.0596. The molecule has 0 aliphatic carbocycles. The monoisotopic (exact) mass is 407 g/mol. The third kappa shape index (κ3) is 3.36. The average Bonchev–Trinajstić information content (AvgIpc) is 2.85. The van der Waals surface area contributed by atoms with Gasteiger partial charge in [-0.15, -0.1) is 0 Å². The molecule has 1 atom stereocenters. The molecule has 1 heterocycles. The summed E-state index contributed by atoms with van der Waals surface area (Å²) in [7, 11) is 0. The Balaban J connectivity index is 1.83. The molecule has 0 fully saturated rings. The zero-order valence-electron chi connectivity index (χ0n) is 13.7. The van der Waals surface area contributed by atoms with Crippen LogP contribution in [0.5, 0.6) is 0 Å². The van der Waals surface area contributed by atoms with Gasteiger partial charge in [0.25, 0.3) is 17.5 Å². The minimum Gasteiger partial charge on any atom is -0.324 e. The van der Waals surface area contributed by atoms with E-state index in [9.17, 15) is 24.5 Å². The largest absolute Gasteiger partial charge is 0.324 e. The summed E-state index contributed by atoms with van der Waals surface area (Å²) in [4.78, 5) is 48.6. The van der Waals surface area contributed by atoms with Gasteiger partial charge in [0.1, 0.15) is 6.04 Å². The number of rotatable bonds is 4. The minimum atomic E-state index is -1.16. The molecule has 1 aliphatic rings. The number of benzene rings is 2. The molecule has 0 saturated carbocycles. The number of imide groups is 1. The highest BCUT2D eigenvalue weighted by Gasteiger charge is 2.41. The van der Waals surface area contributed by atoms with Crippen molar-refractivity contribution in [2.45, 2.75) is 13.0 Å². The van der Waals surface area contributed by atoms with Crippen LogP contribution in [0.15, 0.2) is 36.4 Å². The van der Waals surface area contributed by atoms with Gasteiger partial charge in [-0.05, 0) is 25.1 Å². The van der Waals surface area contributed by atoms with Crippen LogP contribution in [0.2, 0.25) is 10.0 Å². The first kappa shape index (κ1) is 18.8. The van der Waals surface area contributed by atoms with Gasteiger partial charge in [-0.1, -0.05) is 29.3 Å². The van der Waals surface area contributed by atoms with E-state index in [2.05, 4.69) is 5.32 Å². The number of nitrogens with zero attached hydrogens (tertiary/aromatic N) is 2. The Morgan fingerprint density at radius 3 is 2.19 bits per heavy atom. The van der Waals surface area contributed by atoms with Gasteiger partial charge in [0.05, 0.1) is 26.1 Å². The van der Waals surface area contributed by atoms with Gasteiger partial charge in [-0.25, -0.2) is 0 Å². The van der Waals surface area contributed by atoms with E-state index in [-0.39, 0.29) is 32.5 Å². The number of amides is 3. The fourth-order valence-corrected chi connectivity index (χ4v) is 2.99. The molecule has 3 rings (SSSR count). The molecule has 8 nitrogen and oxygen atoms in total. The van der Waals surface area contributed by atoms with E-state index in [4.69, 9.17) is 23.2 Å². The van der Waals surface area contributed by atoms with Gasteiger partial charge in [-0.2, -0.15) is 0 Å². The number of carbonyl (C=O) groups is 3. The molecule has 2 aromatic carbocycles. The normalized spacial score (nSPS) is 14.1. The molecule has 138 valence electrons. The molecular formula is C17H11Cl2N3O5. The molecule has 3 amide bonds. The van der Waals surface area contributed by atoms with Crippen molar-refractivity contribution in [1.29, 1.82) is 0 Å². The fourth-order valence-electron chi connectivity index (χ4n) is 2.67. The third-order valence-electron chi connectivity index (χ3n) is 4.05. The molecule has 1 aliphatic heterocycles. The maximum atomic E-state index is 12.5. The first-order valence-electron chi connectivity index (χ1n) is 7.63. The highest BCUT2D eigenvalue weighted by molar-refractivity contribution is 6.43. The first-order valence-corrected chi connectivity index (χ1v) is 8.38. The number of halogens is 2. The second-order valence-corrected chi connectivity index (χ2v) is 6.58. The molecule has 0 radical (unpaired) electrons. The van der Waals surface area contributed by atoms with E-state index in [0.29, 0.717) is 0 Å². The maximum Gasteiger partial charge on any atom is 0.271 e. The number of nitro benzene ring substituents is 1. The molecule has 27 heavy (non-hydrogen) atoms. The number of fused-ring (bicyclic) bond motifs is 1. The van der Waals surface area contributed by atoms with Crippen LogP contribution in [0.1, 0.15) is 27.6 Å². The summed E-state index contributed by atoms with van der Waals surface area (Å²) in [5.74, 6) is -2.02. The molecule has 0 spiro atoms. The zero-order valence-corrected chi connectivity index (χ0v) is 15.2. The van der Waals surface area contributed by atoms with Crippen LogP contribution in [0.3, 0.4) is 0 Å². The highest BCUT2D eigenvalue weighted by Crippen LogP contribution is 2.32. The van der Waals surface area contributed by atoms with E-state index in [0.717, 1.165) is 4.90 Å². The van der Waals surface area contributed by atoms with Crippen LogP contribution in [0.25, 0.3) is 0 Å². The predicted octanol–water partition coefficient (Wildman–Crippen LogP) is 3.52. The average molecular weight is 408 g/mol. The fraction of sp³-hybridized carbons (Fsp3) is 0.118. The van der Waals surface area contributed by atoms with Crippen LogP contribution in [0.4, 0.5) is 11.4 Å². The SMILES string of the molecule is CC(C(=O)Nc1cccc([N+](=O)[O-])c1)N1C(=O)c2cc(Cl)c(Cl)cc2C1=O. The van der Waals surface area contributed by atoms with Gasteiger partial charge in [-0.3, -0.25) is 29.4 Å². The van der Waals surface area contributed by atoms with Crippen molar-refractivity contribution in [3.8, 4) is 0 Å². The van der Waals surface area contributed by atoms with Gasteiger partial charge < -0.3 is 5.32 Å². The van der Waals surface area contributed by atoms with E-state index in [1.54, 1.807) is 0 Å². The van der Waals surface area contributed by atoms with Crippen molar-refractivity contribution in [2.75, 3.05) is 5.32 Å². The Hall–Kier alpha value is -2.97. The van der Waals surface area contributed by atoms with Gasteiger partial charge in [0.2, 0.25) is 5.91 Å². The number of nitro groups is 1. The molecule has 0 aromatic heterocycles. The number of hydrogen-bond donors (Lipinski definition) is 1. The van der Waals surface area contributed by atoms with Crippen molar-refractivity contribution in [3.63, 3.8) is 0 Å². The number of hydrogen-bond acceptors (Lipinski definition) is 5. The number of nitrogens with one attached hydrogen (secondary N) is 1. The Bertz CT molecular complexity index is 967. The number of carbonyl (C=O) groups excluding carboxylic acids is 3. The smallest absolute Gasteiger partial charge is 0.271 e. The molecule has 1 N–H and O–H groups in total. The van der Waals surface area contributed by atoms with Gasteiger partial charge in [0.15, 0.2) is 0 Å². The Kier molecular flexibility index (Phi) is 4.86. The van der Waals surface area contributed by atoms with Gasteiger partial charge in [0, 0.05) is 17.8 Å². The van der Waals surface area contributed by atoms with Crippen molar-refractivity contribution in [3.05, 3.63) is 67.7 Å². The summed E-state index contributed by atoms with van der Waals surface area (Å²) >= 11 is 11.8. The van der Waals surface area contributed by atoms with Crippen molar-refractivity contribution in [1.82, 2.24) is 4.90 Å². The predicted molar refractivity (Wildman–Crippen MR) is 98.2 cm³/mol. The van der Waals surface area contributed by atoms with Gasteiger partial charge >= 0.3 is 0 Å².